The van der Waals surface area contributed by atoms with E-state index in [4.69, 9.17) is 4.74 Å². The number of carbonyl (C=O) groups is 1. The minimum Gasteiger partial charge on any atom is -0.375 e. The third-order valence-electron chi connectivity index (χ3n) is 3.36. The molecular weight excluding hydrogens is 166 g/mol. The van der Waals surface area contributed by atoms with E-state index < -0.39 is 0 Å². The molecule has 1 unspecified atom stereocenters. The maximum atomic E-state index is 11.8. The molecule has 13 heavy (non-hydrogen) atoms. The van der Waals surface area contributed by atoms with Crippen LogP contribution in [-0.2, 0) is 9.53 Å². The average molecular weight is 184 g/mol. The largest absolute Gasteiger partial charge is 0.375 e. The quantitative estimate of drug-likeness (QED) is 0.627. The summed E-state index contributed by atoms with van der Waals surface area (Å²) in [6, 6.07) is 0.160. The third-order valence-corrected chi connectivity index (χ3v) is 3.36. The molecule has 3 saturated heterocycles. The van der Waals surface area contributed by atoms with Crippen LogP contribution in [0.3, 0.4) is 0 Å². The number of piperidine rings is 3. The number of Topliss-reactive ketones (excluding diaryl/α,β-unsaturated/α-hetero) is 1. The van der Waals surface area contributed by atoms with Gasteiger partial charge in [0.05, 0.1) is 13.1 Å². The zero-order valence-corrected chi connectivity index (χ0v) is 8.21. The van der Waals surface area contributed by atoms with Gasteiger partial charge in [0, 0.05) is 25.4 Å². The Morgan fingerprint density at radius 2 is 2.15 bits per heavy atom. The Kier molecular flexibility index (Phi) is 2.65. The highest BCUT2D eigenvalue weighted by Crippen LogP contribution is 2.17. The minimum absolute atomic E-state index is 0.160. The normalized spacial score (nSPS) is 38.2. The predicted molar refractivity (Wildman–Crippen MR) is 48.7 cm³/mol. The van der Waals surface area contributed by atoms with Gasteiger partial charge in [0.25, 0.3) is 0 Å². The zero-order chi connectivity index (χ0) is 9.26. The summed E-state index contributed by atoms with van der Waals surface area (Å²) in [6.07, 6.45) is 2.22. The number of quaternary nitrogens is 1. The standard InChI is InChI=1S/C10H17NO2/c1-2-13-7-9-10(12)8-3-5-11(9)6-4-8/h8-9H,2-7H2,1H3/p+1. The fourth-order valence-corrected chi connectivity index (χ4v) is 2.54. The Balaban J connectivity index is 1.97. The Labute approximate surface area is 79.0 Å². The van der Waals surface area contributed by atoms with Crippen LogP contribution in [0.1, 0.15) is 19.8 Å². The summed E-state index contributed by atoms with van der Waals surface area (Å²) in [5.74, 6) is 0.823. The van der Waals surface area contributed by atoms with E-state index in [1.165, 1.54) is 18.0 Å². The van der Waals surface area contributed by atoms with Gasteiger partial charge in [-0.2, -0.15) is 0 Å². The first-order valence-corrected chi connectivity index (χ1v) is 5.29. The Morgan fingerprint density at radius 3 is 2.69 bits per heavy atom. The van der Waals surface area contributed by atoms with Crippen LogP contribution >= 0.6 is 0 Å². The third kappa shape index (κ3) is 1.63. The van der Waals surface area contributed by atoms with Gasteiger partial charge in [-0.1, -0.05) is 0 Å². The van der Waals surface area contributed by atoms with Crippen LogP contribution < -0.4 is 4.90 Å². The van der Waals surface area contributed by atoms with Crippen molar-refractivity contribution in [1.29, 1.82) is 0 Å². The van der Waals surface area contributed by atoms with Crippen molar-refractivity contribution < 1.29 is 14.4 Å². The second kappa shape index (κ2) is 3.76. The van der Waals surface area contributed by atoms with Gasteiger partial charge in [-0.05, 0) is 6.92 Å². The number of nitrogens with one attached hydrogen (secondary N) is 1. The second-order valence-electron chi connectivity index (χ2n) is 4.05. The predicted octanol–water partition coefficient (Wildman–Crippen LogP) is -0.731. The molecule has 3 heteroatoms. The van der Waals surface area contributed by atoms with Crippen LogP contribution in [-0.4, -0.2) is 38.1 Å². The van der Waals surface area contributed by atoms with E-state index in [1.807, 2.05) is 6.92 Å². The molecule has 3 fully saturated rings. The summed E-state index contributed by atoms with van der Waals surface area (Å²) in [4.78, 5) is 13.3. The van der Waals surface area contributed by atoms with Gasteiger partial charge in [0.15, 0.2) is 11.8 Å². The van der Waals surface area contributed by atoms with Crippen molar-refractivity contribution in [3.8, 4) is 0 Å². The van der Waals surface area contributed by atoms with Gasteiger partial charge in [-0.3, -0.25) is 4.79 Å². The van der Waals surface area contributed by atoms with E-state index >= 15 is 0 Å². The molecule has 0 aromatic carbocycles. The molecule has 2 bridgehead atoms. The summed E-state index contributed by atoms with van der Waals surface area (Å²) in [7, 11) is 0. The number of fused-ring (bicyclic) bond motifs is 3. The molecule has 0 amide bonds. The summed E-state index contributed by atoms with van der Waals surface area (Å²) >= 11 is 0. The molecule has 0 spiro atoms. The Bertz CT molecular complexity index is 197. The molecule has 3 heterocycles. The van der Waals surface area contributed by atoms with Gasteiger partial charge in [0.1, 0.15) is 6.61 Å². The molecule has 0 aliphatic carbocycles. The molecule has 0 saturated carbocycles. The topological polar surface area (TPSA) is 30.7 Å². The first-order valence-electron chi connectivity index (χ1n) is 5.29. The lowest BCUT2D eigenvalue weighted by molar-refractivity contribution is -0.928. The van der Waals surface area contributed by atoms with Gasteiger partial charge in [0.2, 0.25) is 0 Å². The molecule has 74 valence electrons. The van der Waals surface area contributed by atoms with Crippen molar-refractivity contribution in [2.75, 3.05) is 26.3 Å². The number of hydrogen-bond donors (Lipinski definition) is 1. The summed E-state index contributed by atoms with van der Waals surface area (Å²) < 4.78 is 5.35. The van der Waals surface area contributed by atoms with Crippen molar-refractivity contribution in [3.05, 3.63) is 0 Å². The van der Waals surface area contributed by atoms with E-state index in [0.29, 0.717) is 18.3 Å². The van der Waals surface area contributed by atoms with Gasteiger partial charge in [-0.25, -0.2) is 0 Å². The first-order chi connectivity index (χ1) is 6.33. The molecule has 1 atom stereocenters. The highest BCUT2D eigenvalue weighted by atomic mass is 16.5. The van der Waals surface area contributed by atoms with E-state index in [1.54, 1.807) is 0 Å². The Morgan fingerprint density at radius 1 is 1.46 bits per heavy atom. The van der Waals surface area contributed by atoms with E-state index in [2.05, 4.69) is 0 Å². The lowest BCUT2D eigenvalue weighted by atomic mass is 9.82. The van der Waals surface area contributed by atoms with E-state index in [-0.39, 0.29) is 6.04 Å². The summed E-state index contributed by atoms with van der Waals surface area (Å²) in [5, 5.41) is 0. The van der Waals surface area contributed by atoms with Crippen LogP contribution in [0.25, 0.3) is 0 Å². The smallest absolute Gasteiger partial charge is 0.195 e. The lowest BCUT2D eigenvalue weighted by Gasteiger charge is -2.40. The number of rotatable bonds is 3. The van der Waals surface area contributed by atoms with Crippen molar-refractivity contribution >= 4 is 5.78 Å². The fraction of sp³-hybridized carbons (Fsp3) is 0.900. The lowest BCUT2D eigenvalue weighted by Crippen LogP contribution is -3.20. The maximum Gasteiger partial charge on any atom is 0.195 e. The minimum atomic E-state index is 0.160. The molecule has 3 nitrogen and oxygen atoms in total. The molecule has 0 aromatic heterocycles. The molecular formula is C10H18NO2+. The van der Waals surface area contributed by atoms with E-state index in [0.717, 1.165) is 19.4 Å². The highest BCUT2D eigenvalue weighted by Gasteiger charge is 2.44. The zero-order valence-electron chi connectivity index (χ0n) is 8.21. The van der Waals surface area contributed by atoms with Crippen LogP contribution in [0.4, 0.5) is 0 Å². The SMILES string of the molecule is CCOCC1C(=O)C2CC[NH+]1CC2. The van der Waals surface area contributed by atoms with Gasteiger partial charge < -0.3 is 9.64 Å². The monoisotopic (exact) mass is 184 g/mol. The van der Waals surface area contributed by atoms with Gasteiger partial charge >= 0.3 is 0 Å². The Hall–Kier alpha value is -0.410. The number of ketones is 1. The molecule has 3 aliphatic rings. The average Bonchev–Trinajstić information content (AvgIpc) is 2.18. The second-order valence-corrected chi connectivity index (χ2v) is 4.05. The fourth-order valence-electron chi connectivity index (χ4n) is 2.54. The van der Waals surface area contributed by atoms with Crippen LogP contribution in [0.15, 0.2) is 0 Å². The van der Waals surface area contributed by atoms with Crippen LogP contribution in [0, 0.1) is 5.92 Å². The van der Waals surface area contributed by atoms with Crippen LogP contribution in [0.5, 0.6) is 0 Å². The van der Waals surface area contributed by atoms with Crippen molar-refractivity contribution in [2.24, 2.45) is 5.92 Å². The van der Waals surface area contributed by atoms with E-state index in [9.17, 15) is 4.79 Å². The van der Waals surface area contributed by atoms with Crippen LogP contribution in [0.2, 0.25) is 0 Å². The molecule has 0 aromatic rings. The highest BCUT2D eigenvalue weighted by molar-refractivity contribution is 5.86. The summed E-state index contributed by atoms with van der Waals surface area (Å²) in [6.45, 7) is 5.70. The molecule has 3 rings (SSSR count). The molecule has 3 aliphatic heterocycles. The number of hydrogen-bond acceptors (Lipinski definition) is 2. The number of carbonyl (C=O) groups excluding carboxylic acids is 1. The van der Waals surface area contributed by atoms with Crippen molar-refractivity contribution in [1.82, 2.24) is 0 Å². The number of ether oxygens (including phenoxy) is 1. The molecule has 1 N–H and O–H groups in total. The molecule has 0 radical (unpaired) electrons. The van der Waals surface area contributed by atoms with Crippen molar-refractivity contribution in [3.63, 3.8) is 0 Å². The first kappa shape index (κ1) is 9.16. The van der Waals surface area contributed by atoms with Crippen molar-refractivity contribution in [2.45, 2.75) is 25.8 Å². The summed E-state index contributed by atoms with van der Waals surface area (Å²) in [5.41, 5.74) is 0. The van der Waals surface area contributed by atoms with Gasteiger partial charge in [-0.15, -0.1) is 0 Å². The maximum absolute atomic E-state index is 11.8.